The molecule has 0 radical (unpaired) electrons. The predicted molar refractivity (Wildman–Crippen MR) is 65.4 cm³/mol. The van der Waals surface area contributed by atoms with Crippen molar-refractivity contribution < 1.29 is 4.79 Å². The molecule has 0 saturated heterocycles. The van der Waals surface area contributed by atoms with Gasteiger partial charge in [0.1, 0.15) is 0 Å². The van der Waals surface area contributed by atoms with E-state index in [0.29, 0.717) is 12.3 Å². The largest absolute Gasteiger partial charge is 0.319 e. The first-order chi connectivity index (χ1) is 7.60. The highest BCUT2D eigenvalue weighted by Gasteiger charge is 2.37. The van der Waals surface area contributed by atoms with E-state index in [1.165, 1.54) is 17.8 Å². The van der Waals surface area contributed by atoms with Crippen LogP contribution in [0.1, 0.15) is 37.6 Å². The van der Waals surface area contributed by atoms with E-state index >= 15 is 0 Å². The Labute approximate surface area is 100 Å². The fourth-order valence-corrected chi connectivity index (χ4v) is 3.11. The van der Waals surface area contributed by atoms with Crippen molar-refractivity contribution in [1.29, 1.82) is 0 Å². The van der Waals surface area contributed by atoms with Gasteiger partial charge in [-0.25, -0.2) is 4.98 Å². The minimum absolute atomic E-state index is 0.161. The number of ketones is 1. The highest BCUT2D eigenvalue weighted by atomic mass is 32.1. The Bertz CT molecular complexity index is 363. The maximum absolute atomic E-state index is 12.2. The summed E-state index contributed by atoms with van der Waals surface area (Å²) in [6.45, 7) is 2.18. The number of aromatic nitrogens is 1. The van der Waals surface area contributed by atoms with E-state index in [9.17, 15) is 4.79 Å². The molecule has 2 unspecified atom stereocenters. The third-order valence-electron chi connectivity index (χ3n) is 3.38. The van der Waals surface area contributed by atoms with Crippen molar-refractivity contribution in [2.24, 2.45) is 11.7 Å². The van der Waals surface area contributed by atoms with E-state index in [1.807, 2.05) is 5.38 Å². The number of thiazole rings is 1. The molecule has 1 aromatic rings. The van der Waals surface area contributed by atoms with Gasteiger partial charge in [0.15, 0.2) is 5.78 Å². The van der Waals surface area contributed by atoms with Crippen LogP contribution in [0.5, 0.6) is 0 Å². The van der Waals surface area contributed by atoms with Gasteiger partial charge in [0.05, 0.1) is 17.0 Å². The van der Waals surface area contributed by atoms with Gasteiger partial charge < -0.3 is 5.73 Å². The van der Waals surface area contributed by atoms with Crippen molar-refractivity contribution >= 4 is 17.1 Å². The molecule has 3 nitrogen and oxygen atoms in total. The van der Waals surface area contributed by atoms with E-state index in [0.717, 1.165) is 24.3 Å². The zero-order valence-electron chi connectivity index (χ0n) is 9.61. The lowest BCUT2D eigenvalue weighted by atomic mass is 9.74. The van der Waals surface area contributed by atoms with Gasteiger partial charge in [0.25, 0.3) is 0 Å². The second kappa shape index (κ2) is 4.63. The fraction of sp³-hybridized carbons (Fsp3) is 0.667. The van der Waals surface area contributed by atoms with Crippen molar-refractivity contribution in [2.45, 2.75) is 44.6 Å². The smallest absolute Gasteiger partial charge is 0.159 e. The molecule has 1 aliphatic rings. The van der Waals surface area contributed by atoms with Crippen LogP contribution in [0.2, 0.25) is 0 Å². The molecule has 1 fully saturated rings. The predicted octanol–water partition coefficient (Wildman–Crippen LogP) is 2.16. The van der Waals surface area contributed by atoms with Crippen LogP contribution in [0.3, 0.4) is 0 Å². The Hall–Kier alpha value is -0.740. The third-order valence-corrected chi connectivity index (χ3v) is 4.16. The zero-order chi connectivity index (χ0) is 11.6. The second-order valence-electron chi connectivity index (χ2n) is 4.88. The van der Waals surface area contributed by atoms with Crippen LogP contribution in [0.15, 0.2) is 11.6 Å². The lowest BCUT2D eigenvalue weighted by Gasteiger charge is -2.35. The number of nitrogens with zero attached hydrogens (tertiary/aromatic N) is 1. The molecule has 16 heavy (non-hydrogen) atoms. The SMILES string of the molecule is CC1CCCC(N)(C(=O)Cc2nccs2)C1. The molecule has 0 amide bonds. The molecule has 1 aromatic heterocycles. The number of hydrogen-bond acceptors (Lipinski definition) is 4. The Morgan fingerprint density at radius 1 is 1.75 bits per heavy atom. The van der Waals surface area contributed by atoms with Crippen LogP contribution in [0.25, 0.3) is 0 Å². The summed E-state index contributed by atoms with van der Waals surface area (Å²) < 4.78 is 0. The zero-order valence-corrected chi connectivity index (χ0v) is 10.4. The lowest BCUT2D eigenvalue weighted by molar-refractivity contribution is -0.125. The van der Waals surface area contributed by atoms with Gasteiger partial charge in [-0.15, -0.1) is 11.3 Å². The van der Waals surface area contributed by atoms with Crippen LogP contribution in [0.4, 0.5) is 0 Å². The van der Waals surface area contributed by atoms with Gasteiger partial charge in [0.2, 0.25) is 0 Å². The molecule has 1 heterocycles. The first-order valence-electron chi connectivity index (χ1n) is 5.81. The molecule has 0 bridgehead atoms. The number of carbonyl (C=O) groups excluding carboxylic acids is 1. The summed E-state index contributed by atoms with van der Waals surface area (Å²) >= 11 is 1.53. The quantitative estimate of drug-likeness (QED) is 0.878. The van der Waals surface area contributed by atoms with E-state index in [1.54, 1.807) is 6.20 Å². The van der Waals surface area contributed by atoms with E-state index in [4.69, 9.17) is 5.73 Å². The van der Waals surface area contributed by atoms with Crippen molar-refractivity contribution in [1.82, 2.24) is 4.98 Å². The molecule has 2 N–H and O–H groups in total. The summed E-state index contributed by atoms with van der Waals surface area (Å²) in [7, 11) is 0. The normalized spacial score (nSPS) is 30.2. The molecule has 0 aromatic carbocycles. The summed E-state index contributed by atoms with van der Waals surface area (Å²) in [5, 5.41) is 2.78. The maximum Gasteiger partial charge on any atom is 0.159 e. The summed E-state index contributed by atoms with van der Waals surface area (Å²) in [5.41, 5.74) is 5.64. The van der Waals surface area contributed by atoms with E-state index in [2.05, 4.69) is 11.9 Å². The number of carbonyl (C=O) groups is 1. The van der Waals surface area contributed by atoms with Gasteiger partial charge in [-0.05, 0) is 18.8 Å². The van der Waals surface area contributed by atoms with Crippen molar-refractivity contribution in [3.8, 4) is 0 Å². The number of Topliss-reactive ketones (excluding diaryl/α,β-unsaturated/α-hetero) is 1. The molecule has 2 rings (SSSR count). The minimum atomic E-state index is -0.594. The average Bonchev–Trinajstić information content (AvgIpc) is 2.70. The molecular weight excluding hydrogens is 220 g/mol. The standard InChI is InChI=1S/C12H18N2OS/c1-9-3-2-4-12(13,8-9)10(15)7-11-14-5-6-16-11/h5-6,9H,2-4,7-8,13H2,1H3. The molecule has 0 spiro atoms. The monoisotopic (exact) mass is 238 g/mol. The highest BCUT2D eigenvalue weighted by Crippen LogP contribution is 2.31. The Balaban J connectivity index is 2.02. The van der Waals surface area contributed by atoms with Crippen LogP contribution in [-0.4, -0.2) is 16.3 Å². The fourth-order valence-electron chi connectivity index (χ4n) is 2.50. The van der Waals surface area contributed by atoms with Gasteiger partial charge in [0, 0.05) is 11.6 Å². The highest BCUT2D eigenvalue weighted by molar-refractivity contribution is 7.09. The molecule has 0 aliphatic heterocycles. The summed E-state index contributed by atoms with van der Waals surface area (Å²) in [4.78, 5) is 16.3. The molecule has 88 valence electrons. The van der Waals surface area contributed by atoms with Crippen LogP contribution < -0.4 is 5.73 Å². The minimum Gasteiger partial charge on any atom is -0.319 e. The van der Waals surface area contributed by atoms with E-state index < -0.39 is 5.54 Å². The van der Waals surface area contributed by atoms with Gasteiger partial charge in [-0.1, -0.05) is 19.8 Å². The van der Waals surface area contributed by atoms with Crippen LogP contribution >= 0.6 is 11.3 Å². The molecular formula is C12H18N2OS. The first-order valence-corrected chi connectivity index (χ1v) is 6.69. The summed E-state index contributed by atoms with van der Waals surface area (Å²) in [5.74, 6) is 0.730. The van der Waals surface area contributed by atoms with Crippen LogP contribution in [0, 0.1) is 5.92 Å². The third kappa shape index (κ3) is 2.50. The second-order valence-corrected chi connectivity index (χ2v) is 5.86. The average molecular weight is 238 g/mol. The number of nitrogens with two attached hydrogens (primary N) is 1. The summed E-state index contributed by atoms with van der Waals surface area (Å²) in [6, 6.07) is 0. The van der Waals surface area contributed by atoms with Gasteiger partial charge >= 0.3 is 0 Å². The van der Waals surface area contributed by atoms with E-state index in [-0.39, 0.29) is 5.78 Å². The summed E-state index contributed by atoms with van der Waals surface area (Å²) in [6.07, 6.45) is 6.07. The first kappa shape index (κ1) is 11.7. The topological polar surface area (TPSA) is 56.0 Å². The van der Waals surface area contributed by atoms with Crippen molar-refractivity contribution in [2.75, 3.05) is 0 Å². The Morgan fingerprint density at radius 3 is 3.19 bits per heavy atom. The molecule has 1 aliphatic carbocycles. The van der Waals surface area contributed by atoms with Crippen molar-refractivity contribution in [3.63, 3.8) is 0 Å². The molecule has 2 atom stereocenters. The lowest BCUT2D eigenvalue weighted by Crippen LogP contribution is -2.51. The van der Waals surface area contributed by atoms with Gasteiger partial charge in [-0.2, -0.15) is 0 Å². The van der Waals surface area contributed by atoms with Crippen molar-refractivity contribution in [3.05, 3.63) is 16.6 Å². The number of rotatable bonds is 3. The maximum atomic E-state index is 12.2. The Kier molecular flexibility index (Phi) is 3.40. The van der Waals surface area contributed by atoms with Crippen LogP contribution in [-0.2, 0) is 11.2 Å². The molecule has 1 saturated carbocycles. The Morgan fingerprint density at radius 2 is 2.56 bits per heavy atom. The molecule has 4 heteroatoms. The number of hydrogen-bond donors (Lipinski definition) is 1. The van der Waals surface area contributed by atoms with Gasteiger partial charge in [-0.3, -0.25) is 4.79 Å².